The smallest absolute Gasteiger partial charge is 0.108 e. The Labute approximate surface area is 88.4 Å². The lowest BCUT2D eigenvalue weighted by molar-refractivity contribution is -0.0755. The number of aliphatic hydroxyl groups is 4. The average Bonchev–Trinajstić information content (AvgIpc) is 2.28. The molecule has 0 fully saturated rings. The van der Waals surface area contributed by atoms with Crippen molar-refractivity contribution < 1.29 is 20.4 Å². The lowest BCUT2D eigenvalue weighted by atomic mass is 10.0. The van der Waals surface area contributed by atoms with Crippen LogP contribution in [-0.4, -0.2) is 45.3 Å². The molecule has 0 amide bonds. The normalized spacial score (nSPS) is 17.1. The number of aliphatic hydroxyl groups excluding tert-OH is 4. The Hall–Kier alpha value is -0.940. The average molecular weight is 212 g/mol. The van der Waals surface area contributed by atoms with E-state index >= 15 is 0 Å². The van der Waals surface area contributed by atoms with E-state index in [2.05, 4.69) is 0 Å². The fourth-order valence-corrected chi connectivity index (χ4v) is 1.34. The van der Waals surface area contributed by atoms with Crippen LogP contribution in [0.1, 0.15) is 5.56 Å². The zero-order chi connectivity index (χ0) is 11.3. The molecule has 0 bridgehead atoms. The summed E-state index contributed by atoms with van der Waals surface area (Å²) in [4.78, 5) is 0. The van der Waals surface area contributed by atoms with Crippen LogP contribution in [0.25, 0.3) is 0 Å². The van der Waals surface area contributed by atoms with E-state index < -0.39 is 24.9 Å². The van der Waals surface area contributed by atoms with Gasteiger partial charge in [-0.05, 0) is 5.56 Å². The molecule has 4 N–H and O–H groups in total. The van der Waals surface area contributed by atoms with Crippen molar-refractivity contribution in [1.82, 2.24) is 0 Å². The van der Waals surface area contributed by atoms with E-state index in [1.165, 1.54) is 0 Å². The molecule has 3 unspecified atom stereocenters. The first-order chi connectivity index (χ1) is 7.15. The third-order valence-corrected chi connectivity index (χ3v) is 2.26. The van der Waals surface area contributed by atoms with Gasteiger partial charge < -0.3 is 20.4 Å². The van der Waals surface area contributed by atoms with Crippen molar-refractivity contribution >= 4 is 0 Å². The van der Waals surface area contributed by atoms with Gasteiger partial charge in [-0.25, -0.2) is 0 Å². The Morgan fingerprint density at radius 2 is 1.53 bits per heavy atom. The van der Waals surface area contributed by atoms with Gasteiger partial charge in [-0.15, -0.1) is 0 Å². The summed E-state index contributed by atoms with van der Waals surface area (Å²) in [6.45, 7) is -0.562. The molecule has 0 saturated carbocycles. The van der Waals surface area contributed by atoms with E-state index in [9.17, 15) is 10.2 Å². The minimum absolute atomic E-state index is 0.249. The van der Waals surface area contributed by atoms with E-state index in [0.717, 1.165) is 5.56 Å². The third kappa shape index (κ3) is 3.60. The molecule has 1 aromatic rings. The standard InChI is InChI=1S/C11H16O4/c12-7-10(14)11(15)9(13)6-8-4-2-1-3-5-8/h1-5,9-15H,6-7H2. The predicted molar refractivity (Wildman–Crippen MR) is 55.3 cm³/mol. The van der Waals surface area contributed by atoms with Gasteiger partial charge in [0.2, 0.25) is 0 Å². The highest BCUT2D eigenvalue weighted by molar-refractivity contribution is 5.15. The largest absolute Gasteiger partial charge is 0.394 e. The minimum Gasteiger partial charge on any atom is -0.394 e. The third-order valence-electron chi connectivity index (χ3n) is 2.26. The minimum atomic E-state index is -1.32. The van der Waals surface area contributed by atoms with Crippen LogP contribution in [0.4, 0.5) is 0 Å². The Morgan fingerprint density at radius 1 is 0.933 bits per heavy atom. The van der Waals surface area contributed by atoms with E-state index in [1.807, 2.05) is 30.3 Å². The molecule has 15 heavy (non-hydrogen) atoms. The Morgan fingerprint density at radius 3 is 2.07 bits per heavy atom. The maximum atomic E-state index is 9.55. The van der Waals surface area contributed by atoms with Gasteiger partial charge in [0, 0.05) is 6.42 Å². The monoisotopic (exact) mass is 212 g/mol. The van der Waals surface area contributed by atoms with Gasteiger partial charge in [-0.1, -0.05) is 30.3 Å². The van der Waals surface area contributed by atoms with Crippen LogP contribution in [0.5, 0.6) is 0 Å². The fourth-order valence-electron chi connectivity index (χ4n) is 1.34. The molecule has 0 spiro atoms. The molecule has 0 aliphatic carbocycles. The summed E-state index contributed by atoms with van der Waals surface area (Å²) < 4.78 is 0. The Balaban J connectivity index is 2.52. The Bertz CT molecular complexity index is 275. The zero-order valence-electron chi connectivity index (χ0n) is 8.32. The highest BCUT2D eigenvalue weighted by Crippen LogP contribution is 2.08. The van der Waals surface area contributed by atoms with Crippen molar-refractivity contribution in [3.8, 4) is 0 Å². The first-order valence-electron chi connectivity index (χ1n) is 4.84. The molecule has 0 radical (unpaired) electrons. The molecule has 84 valence electrons. The van der Waals surface area contributed by atoms with E-state index in [0.29, 0.717) is 0 Å². The van der Waals surface area contributed by atoms with Crippen LogP contribution in [0, 0.1) is 0 Å². The van der Waals surface area contributed by atoms with Crippen LogP contribution in [0.3, 0.4) is 0 Å². The molecular formula is C11H16O4. The molecule has 3 atom stereocenters. The molecular weight excluding hydrogens is 196 g/mol. The summed E-state index contributed by atoms with van der Waals surface area (Å²) >= 11 is 0. The van der Waals surface area contributed by atoms with Gasteiger partial charge in [-0.2, -0.15) is 0 Å². The van der Waals surface area contributed by atoms with Gasteiger partial charge in [-0.3, -0.25) is 0 Å². The molecule has 4 nitrogen and oxygen atoms in total. The molecule has 1 rings (SSSR count). The summed E-state index contributed by atoms with van der Waals surface area (Å²) in [6, 6.07) is 9.16. The van der Waals surface area contributed by atoms with Crippen LogP contribution < -0.4 is 0 Å². The van der Waals surface area contributed by atoms with E-state index in [4.69, 9.17) is 10.2 Å². The summed E-state index contributed by atoms with van der Waals surface area (Å²) in [6.07, 6.45) is -3.45. The lowest BCUT2D eigenvalue weighted by Gasteiger charge is -2.21. The molecule has 0 heterocycles. The second-order valence-electron chi connectivity index (χ2n) is 3.50. The maximum Gasteiger partial charge on any atom is 0.108 e. The molecule has 0 aromatic heterocycles. The van der Waals surface area contributed by atoms with Crippen molar-refractivity contribution in [1.29, 1.82) is 0 Å². The molecule has 1 aromatic carbocycles. The van der Waals surface area contributed by atoms with Gasteiger partial charge in [0.05, 0.1) is 12.7 Å². The van der Waals surface area contributed by atoms with Crippen LogP contribution in [0.2, 0.25) is 0 Å². The van der Waals surface area contributed by atoms with Crippen molar-refractivity contribution in [2.24, 2.45) is 0 Å². The van der Waals surface area contributed by atoms with Crippen LogP contribution in [0.15, 0.2) is 30.3 Å². The first-order valence-corrected chi connectivity index (χ1v) is 4.84. The van der Waals surface area contributed by atoms with Crippen LogP contribution in [-0.2, 0) is 6.42 Å². The molecule has 0 saturated heterocycles. The fraction of sp³-hybridized carbons (Fsp3) is 0.455. The van der Waals surface area contributed by atoms with Crippen molar-refractivity contribution in [2.45, 2.75) is 24.7 Å². The lowest BCUT2D eigenvalue weighted by Crippen LogP contribution is -2.40. The Kier molecular flexibility index (Phi) is 4.71. The highest BCUT2D eigenvalue weighted by atomic mass is 16.4. The topological polar surface area (TPSA) is 80.9 Å². The summed E-state index contributed by atoms with van der Waals surface area (Å²) in [5.41, 5.74) is 0.870. The summed E-state index contributed by atoms with van der Waals surface area (Å²) in [5.74, 6) is 0. The highest BCUT2D eigenvalue weighted by Gasteiger charge is 2.23. The van der Waals surface area contributed by atoms with Crippen molar-refractivity contribution in [3.63, 3.8) is 0 Å². The molecule has 0 aliphatic heterocycles. The zero-order valence-corrected chi connectivity index (χ0v) is 8.32. The van der Waals surface area contributed by atoms with Gasteiger partial charge in [0.1, 0.15) is 12.2 Å². The van der Waals surface area contributed by atoms with Gasteiger partial charge >= 0.3 is 0 Å². The predicted octanol–water partition coefficient (Wildman–Crippen LogP) is -0.696. The number of benzene rings is 1. The second-order valence-corrected chi connectivity index (χ2v) is 3.50. The summed E-state index contributed by atoms with van der Waals surface area (Å²) in [7, 11) is 0. The number of rotatable bonds is 5. The quantitative estimate of drug-likeness (QED) is 0.520. The molecule has 4 heteroatoms. The van der Waals surface area contributed by atoms with E-state index in [1.54, 1.807) is 0 Å². The first kappa shape index (κ1) is 12.1. The number of hydrogen-bond donors (Lipinski definition) is 4. The molecule has 0 aliphatic rings. The maximum absolute atomic E-state index is 9.55. The van der Waals surface area contributed by atoms with E-state index in [-0.39, 0.29) is 6.42 Å². The van der Waals surface area contributed by atoms with Crippen molar-refractivity contribution in [3.05, 3.63) is 35.9 Å². The van der Waals surface area contributed by atoms with Crippen molar-refractivity contribution in [2.75, 3.05) is 6.61 Å². The number of hydrogen-bond acceptors (Lipinski definition) is 4. The summed E-state index contributed by atoms with van der Waals surface area (Å²) in [5, 5.41) is 36.7. The van der Waals surface area contributed by atoms with Gasteiger partial charge in [0.25, 0.3) is 0 Å². The van der Waals surface area contributed by atoms with Gasteiger partial charge in [0.15, 0.2) is 0 Å². The van der Waals surface area contributed by atoms with Crippen LogP contribution >= 0.6 is 0 Å². The SMILES string of the molecule is OCC(O)C(O)C(O)Cc1ccccc1. The second kappa shape index (κ2) is 5.82.